The summed E-state index contributed by atoms with van der Waals surface area (Å²) in [6.07, 6.45) is 4.24. The second-order valence-corrected chi connectivity index (χ2v) is 5.88. The van der Waals surface area contributed by atoms with E-state index in [1.165, 1.54) is 36.6 Å². The van der Waals surface area contributed by atoms with Crippen LogP contribution >= 0.6 is 0 Å². The molecule has 112 valence electrons. The van der Waals surface area contributed by atoms with E-state index in [0.29, 0.717) is 5.56 Å². The van der Waals surface area contributed by atoms with Crippen LogP contribution in [0.2, 0.25) is 0 Å². The molecule has 0 N–H and O–H groups in total. The molecule has 0 atom stereocenters. The molecule has 0 saturated carbocycles. The largest absolute Gasteiger partial charge is 0.282 e. The number of rotatable bonds is 5. The molecule has 0 aliphatic carbocycles. The van der Waals surface area contributed by atoms with Gasteiger partial charge in [-0.05, 0) is 35.9 Å². The summed E-state index contributed by atoms with van der Waals surface area (Å²) in [6.45, 7) is 0. The maximum Gasteiger partial charge on any atom is 0.282 e. The number of non-ortho nitro benzene ring substituents is 1. The predicted octanol–water partition coefficient (Wildman–Crippen LogP) is 3.07. The lowest BCUT2D eigenvalue weighted by molar-refractivity contribution is -0.384. The van der Waals surface area contributed by atoms with E-state index in [1.807, 2.05) is 0 Å². The van der Waals surface area contributed by atoms with Gasteiger partial charge in [0.15, 0.2) is 0 Å². The standard InChI is InChI=1S/C15H12N2O4S/c18-17(19)14-10-8-13(9-11-14)5-4-12-16-22(20,21)15-6-2-1-3-7-15/h1-12H/b5-4+,16-12+. The highest BCUT2D eigenvalue weighted by atomic mass is 32.2. The van der Waals surface area contributed by atoms with Crippen LogP contribution < -0.4 is 0 Å². The van der Waals surface area contributed by atoms with Crippen LogP contribution in [0.4, 0.5) is 5.69 Å². The first-order chi connectivity index (χ1) is 10.5. The SMILES string of the molecule is O=[N+]([O-])c1ccc(/C=C/C=N/S(=O)(=O)c2ccccc2)cc1. The van der Waals surface area contributed by atoms with Crippen LogP contribution in [0, 0.1) is 10.1 Å². The third-order valence-electron chi connectivity index (χ3n) is 2.72. The number of allylic oxidation sites excluding steroid dienone is 1. The zero-order valence-electron chi connectivity index (χ0n) is 11.4. The molecule has 0 spiro atoms. The van der Waals surface area contributed by atoms with Crippen molar-refractivity contribution >= 4 is 28.0 Å². The number of nitro benzene ring substituents is 1. The van der Waals surface area contributed by atoms with Crippen molar-refractivity contribution in [2.24, 2.45) is 4.40 Å². The lowest BCUT2D eigenvalue weighted by atomic mass is 10.2. The maximum atomic E-state index is 11.9. The predicted molar refractivity (Wildman–Crippen MR) is 84.3 cm³/mol. The molecule has 7 heteroatoms. The molecule has 0 fully saturated rings. The number of sulfonamides is 1. The molecule has 0 radical (unpaired) electrons. The van der Waals surface area contributed by atoms with E-state index in [4.69, 9.17) is 0 Å². The smallest absolute Gasteiger partial charge is 0.258 e. The lowest BCUT2D eigenvalue weighted by Crippen LogP contribution is -1.95. The summed E-state index contributed by atoms with van der Waals surface area (Å²) in [5.74, 6) is 0. The van der Waals surface area contributed by atoms with Crippen LogP contribution in [0.25, 0.3) is 6.08 Å². The summed E-state index contributed by atoms with van der Waals surface area (Å²) in [5.41, 5.74) is 0.701. The highest BCUT2D eigenvalue weighted by molar-refractivity contribution is 7.90. The second-order valence-electron chi connectivity index (χ2n) is 4.25. The molecular weight excluding hydrogens is 304 g/mol. The van der Waals surface area contributed by atoms with Crippen molar-refractivity contribution in [1.29, 1.82) is 0 Å². The summed E-state index contributed by atoms with van der Waals surface area (Å²) < 4.78 is 27.3. The fourth-order valence-electron chi connectivity index (χ4n) is 1.63. The molecule has 0 bridgehead atoms. The summed E-state index contributed by atoms with van der Waals surface area (Å²) in [4.78, 5) is 10.2. The molecule has 0 aromatic heterocycles. The summed E-state index contributed by atoms with van der Waals surface area (Å²) in [6, 6.07) is 13.8. The van der Waals surface area contributed by atoms with Gasteiger partial charge in [-0.3, -0.25) is 10.1 Å². The molecule has 0 aliphatic rings. The Bertz CT molecular complexity index is 810. The van der Waals surface area contributed by atoms with Gasteiger partial charge < -0.3 is 0 Å². The van der Waals surface area contributed by atoms with Crippen LogP contribution in [-0.4, -0.2) is 19.6 Å². The van der Waals surface area contributed by atoms with Gasteiger partial charge in [0.25, 0.3) is 15.7 Å². The zero-order valence-corrected chi connectivity index (χ0v) is 12.2. The minimum atomic E-state index is -3.70. The summed E-state index contributed by atoms with van der Waals surface area (Å²) in [7, 11) is -3.70. The molecule has 0 aliphatic heterocycles. The fourth-order valence-corrected chi connectivity index (χ4v) is 2.48. The molecule has 0 heterocycles. The number of nitro groups is 1. The van der Waals surface area contributed by atoms with Gasteiger partial charge in [0.05, 0.1) is 9.82 Å². The van der Waals surface area contributed by atoms with Crippen LogP contribution in [0.1, 0.15) is 5.56 Å². The van der Waals surface area contributed by atoms with Gasteiger partial charge in [-0.1, -0.05) is 24.3 Å². The molecule has 2 aromatic rings. The topological polar surface area (TPSA) is 89.6 Å². The normalized spacial score (nSPS) is 12.0. The van der Waals surface area contributed by atoms with Gasteiger partial charge in [0.1, 0.15) is 0 Å². The number of nitrogens with zero attached hydrogens (tertiary/aromatic N) is 2. The van der Waals surface area contributed by atoms with E-state index in [2.05, 4.69) is 4.40 Å². The third-order valence-corrected chi connectivity index (χ3v) is 3.99. The third kappa shape index (κ3) is 4.10. The van der Waals surface area contributed by atoms with Crippen LogP contribution in [0.3, 0.4) is 0 Å². The van der Waals surface area contributed by atoms with E-state index in [1.54, 1.807) is 36.4 Å². The minimum Gasteiger partial charge on any atom is -0.258 e. The van der Waals surface area contributed by atoms with Crippen molar-refractivity contribution in [2.75, 3.05) is 0 Å². The van der Waals surface area contributed by atoms with Gasteiger partial charge >= 0.3 is 0 Å². The van der Waals surface area contributed by atoms with Gasteiger partial charge in [-0.2, -0.15) is 12.8 Å². The first-order valence-corrected chi connectivity index (χ1v) is 7.69. The number of benzene rings is 2. The second kappa shape index (κ2) is 6.77. The van der Waals surface area contributed by atoms with Crippen molar-refractivity contribution in [3.05, 3.63) is 76.4 Å². The van der Waals surface area contributed by atoms with E-state index in [9.17, 15) is 18.5 Å². The van der Waals surface area contributed by atoms with Crippen molar-refractivity contribution in [3.63, 3.8) is 0 Å². The monoisotopic (exact) mass is 316 g/mol. The molecule has 0 amide bonds. The Morgan fingerprint density at radius 1 is 1.00 bits per heavy atom. The van der Waals surface area contributed by atoms with Gasteiger partial charge in [-0.25, -0.2) is 0 Å². The minimum absolute atomic E-state index is 0.00234. The summed E-state index contributed by atoms with van der Waals surface area (Å²) in [5, 5.41) is 10.5. The maximum absolute atomic E-state index is 11.9. The van der Waals surface area contributed by atoms with Crippen molar-refractivity contribution < 1.29 is 13.3 Å². The van der Waals surface area contributed by atoms with Crippen LogP contribution in [0.5, 0.6) is 0 Å². The quantitative estimate of drug-likeness (QED) is 0.481. The molecular formula is C15H12N2O4S. The van der Waals surface area contributed by atoms with E-state index < -0.39 is 14.9 Å². The highest BCUT2D eigenvalue weighted by Gasteiger charge is 2.09. The van der Waals surface area contributed by atoms with Gasteiger partial charge in [-0.15, -0.1) is 0 Å². The average molecular weight is 316 g/mol. The number of hydrogen-bond donors (Lipinski definition) is 0. The van der Waals surface area contributed by atoms with Crippen molar-refractivity contribution in [1.82, 2.24) is 0 Å². The Balaban J connectivity index is 2.07. The van der Waals surface area contributed by atoms with E-state index >= 15 is 0 Å². The van der Waals surface area contributed by atoms with Crippen molar-refractivity contribution in [3.8, 4) is 0 Å². The molecule has 22 heavy (non-hydrogen) atoms. The van der Waals surface area contributed by atoms with Crippen LogP contribution in [-0.2, 0) is 10.0 Å². The highest BCUT2D eigenvalue weighted by Crippen LogP contribution is 2.13. The molecule has 6 nitrogen and oxygen atoms in total. The van der Waals surface area contributed by atoms with Gasteiger partial charge in [0, 0.05) is 18.3 Å². The molecule has 0 saturated heterocycles. The first kappa shape index (κ1) is 15.6. The number of hydrogen-bond acceptors (Lipinski definition) is 4. The zero-order chi connectivity index (χ0) is 16.0. The molecule has 2 rings (SSSR count). The Labute approximate surface area is 127 Å². The Hall–Kier alpha value is -2.80. The van der Waals surface area contributed by atoms with Crippen LogP contribution in [0.15, 0.2) is 70.0 Å². The molecule has 0 unspecified atom stereocenters. The average Bonchev–Trinajstić information content (AvgIpc) is 2.53. The summed E-state index contributed by atoms with van der Waals surface area (Å²) >= 11 is 0. The van der Waals surface area contributed by atoms with Gasteiger partial charge in [0.2, 0.25) is 0 Å². The Kier molecular flexibility index (Phi) is 4.80. The Morgan fingerprint density at radius 2 is 1.64 bits per heavy atom. The van der Waals surface area contributed by atoms with E-state index in [-0.39, 0.29) is 10.6 Å². The fraction of sp³-hybridized carbons (Fsp3) is 0. The first-order valence-electron chi connectivity index (χ1n) is 6.25. The lowest BCUT2D eigenvalue weighted by Gasteiger charge is -1.96. The Morgan fingerprint density at radius 3 is 2.23 bits per heavy atom. The van der Waals surface area contributed by atoms with Crippen molar-refractivity contribution in [2.45, 2.75) is 4.90 Å². The van der Waals surface area contributed by atoms with E-state index in [0.717, 1.165) is 0 Å². The molecule has 2 aromatic carbocycles.